The summed E-state index contributed by atoms with van der Waals surface area (Å²) in [5.74, 6) is -1.76. The van der Waals surface area contributed by atoms with Gasteiger partial charge in [-0.25, -0.2) is 18.6 Å². The highest BCUT2D eigenvalue weighted by molar-refractivity contribution is 5.65. The molecule has 2 aromatic heterocycles. The molecule has 1 aromatic carbocycles. The number of hydrogen-bond acceptors (Lipinski definition) is 4. The Kier molecular flexibility index (Phi) is 3.98. The van der Waals surface area contributed by atoms with Crippen LogP contribution in [-0.4, -0.2) is 30.9 Å². The average molecular weight is 334 g/mol. The largest absolute Gasteiger partial charge is 0.493 e. The predicted octanol–water partition coefficient (Wildman–Crippen LogP) is 2.26. The van der Waals surface area contributed by atoms with Crippen molar-refractivity contribution in [2.75, 3.05) is 0 Å². The lowest BCUT2D eigenvalue weighted by Crippen LogP contribution is -2.29. The van der Waals surface area contributed by atoms with Gasteiger partial charge >= 0.3 is 6.09 Å². The number of nitrogens with one attached hydrogen (secondary N) is 1. The van der Waals surface area contributed by atoms with Crippen LogP contribution in [0.25, 0.3) is 5.65 Å². The van der Waals surface area contributed by atoms with Gasteiger partial charge in [-0.1, -0.05) is 0 Å². The first-order valence-electron chi connectivity index (χ1n) is 6.90. The van der Waals surface area contributed by atoms with E-state index < -0.39 is 23.8 Å². The molecule has 0 saturated heterocycles. The first-order valence-corrected chi connectivity index (χ1v) is 6.90. The van der Waals surface area contributed by atoms with Gasteiger partial charge in [0, 0.05) is 18.2 Å². The molecule has 3 aromatic rings. The second kappa shape index (κ2) is 6.11. The minimum Gasteiger partial charge on any atom is -0.493 e. The molecular formula is C15H12F2N4O3. The van der Waals surface area contributed by atoms with Gasteiger partial charge in [0.15, 0.2) is 5.65 Å². The van der Waals surface area contributed by atoms with E-state index in [1.165, 1.54) is 22.8 Å². The van der Waals surface area contributed by atoms with E-state index in [2.05, 4.69) is 15.4 Å². The van der Waals surface area contributed by atoms with Gasteiger partial charge < -0.3 is 15.5 Å². The third-order valence-corrected chi connectivity index (χ3v) is 3.38. The fourth-order valence-electron chi connectivity index (χ4n) is 2.44. The smallest absolute Gasteiger partial charge is 0.405 e. The summed E-state index contributed by atoms with van der Waals surface area (Å²) in [5, 5.41) is 25.0. The van der Waals surface area contributed by atoms with Crippen molar-refractivity contribution in [2.24, 2.45) is 0 Å². The zero-order chi connectivity index (χ0) is 17.3. The summed E-state index contributed by atoms with van der Waals surface area (Å²) in [6, 6.07) is 4.81. The highest BCUT2D eigenvalue weighted by Gasteiger charge is 2.19. The number of carboxylic acid groups (broad SMARTS) is 1. The Morgan fingerprint density at radius 2 is 1.96 bits per heavy atom. The van der Waals surface area contributed by atoms with E-state index in [1.54, 1.807) is 0 Å². The summed E-state index contributed by atoms with van der Waals surface area (Å²) in [6.45, 7) is 0. The van der Waals surface area contributed by atoms with Gasteiger partial charge in [-0.2, -0.15) is 9.61 Å². The molecular weight excluding hydrogens is 322 g/mol. The molecule has 0 aliphatic carbocycles. The van der Waals surface area contributed by atoms with Crippen LogP contribution >= 0.6 is 0 Å². The molecule has 24 heavy (non-hydrogen) atoms. The molecule has 0 bridgehead atoms. The molecule has 2 heterocycles. The van der Waals surface area contributed by atoms with Crippen molar-refractivity contribution in [2.45, 2.75) is 12.5 Å². The van der Waals surface area contributed by atoms with Gasteiger partial charge in [-0.05, 0) is 24.1 Å². The second-order valence-electron chi connectivity index (χ2n) is 5.12. The third-order valence-electron chi connectivity index (χ3n) is 3.38. The summed E-state index contributed by atoms with van der Waals surface area (Å²) in [5.41, 5.74) is 0.765. The standard InChI is InChI=1S/C15H12F2N4O3/c16-9-3-8(4-10(17)6-9)5-11(20-15(23)24)12-7-14(22)21-13(19-12)1-2-18-21/h1-4,6-7,11,20,22H,5H2,(H,23,24)/t11-/m0/s1. The van der Waals surface area contributed by atoms with Crippen LogP contribution in [0.3, 0.4) is 0 Å². The van der Waals surface area contributed by atoms with E-state index in [1.807, 2.05) is 0 Å². The van der Waals surface area contributed by atoms with Crippen LogP contribution in [-0.2, 0) is 6.42 Å². The molecule has 0 spiro atoms. The van der Waals surface area contributed by atoms with Gasteiger partial charge in [0.05, 0.1) is 17.9 Å². The fourth-order valence-corrected chi connectivity index (χ4v) is 2.44. The van der Waals surface area contributed by atoms with Gasteiger partial charge in [-0.3, -0.25) is 0 Å². The highest BCUT2D eigenvalue weighted by Crippen LogP contribution is 2.22. The minimum absolute atomic E-state index is 0.0439. The van der Waals surface area contributed by atoms with E-state index in [0.717, 1.165) is 18.2 Å². The zero-order valence-electron chi connectivity index (χ0n) is 12.1. The number of aromatic hydroxyl groups is 1. The highest BCUT2D eigenvalue weighted by atomic mass is 19.1. The van der Waals surface area contributed by atoms with E-state index in [9.17, 15) is 18.7 Å². The van der Waals surface area contributed by atoms with Crippen molar-refractivity contribution >= 4 is 11.7 Å². The zero-order valence-corrected chi connectivity index (χ0v) is 12.1. The Labute approximate surface area is 134 Å². The Morgan fingerprint density at radius 1 is 1.25 bits per heavy atom. The van der Waals surface area contributed by atoms with Crippen molar-refractivity contribution < 1.29 is 23.8 Å². The summed E-state index contributed by atoms with van der Waals surface area (Å²) < 4.78 is 27.8. The number of nitrogens with zero attached hydrogens (tertiary/aromatic N) is 3. The Hall–Kier alpha value is -3.23. The fraction of sp³-hybridized carbons (Fsp3) is 0.133. The average Bonchev–Trinajstić information content (AvgIpc) is 2.94. The predicted molar refractivity (Wildman–Crippen MR) is 78.6 cm³/mol. The van der Waals surface area contributed by atoms with Crippen molar-refractivity contribution in [3.8, 4) is 5.88 Å². The summed E-state index contributed by atoms with van der Waals surface area (Å²) in [6.07, 6.45) is 0.0528. The molecule has 3 rings (SSSR count). The molecule has 0 aliphatic rings. The van der Waals surface area contributed by atoms with E-state index in [0.29, 0.717) is 5.65 Å². The number of aromatic nitrogens is 3. The molecule has 0 aliphatic heterocycles. The maximum absolute atomic E-state index is 13.3. The lowest BCUT2D eigenvalue weighted by atomic mass is 10.0. The van der Waals surface area contributed by atoms with Gasteiger partial charge in [0.1, 0.15) is 11.6 Å². The van der Waals surface area contributed by atoms with Crippen LogP contribution in [0.4, 0.5) is 13.6 Å². The maximum atomic E-state index is 13.3. The monoisotopic (exact) mass is 334 g/mol. The third kappa shape index (κ3) is 3.24. The Morgan fingerprint density at radius 3 is 2.62 bits per heavy atom. The van der Waals surface area contributed by atoms with E-state index in [4.69, 9.17) is 5.11 Å². The Bertz CT molecular complexity index is 893. The number of fused-ring (bicyclic) bond motifs is 1. The molecule has 0 fully saturated rings. The molecule has 9 heteroatoms. The van der Waals surface area contributed by atoms with Crippen LogP contribution in [0.1, 0.15) is 17.3 Å². The molecule has 1 amide bonds. The van der Waals surface area contributed by atoms with Crippen LogP contribution in [0.2, 0.25) is 0 Å². The van der Waals surface area contributed by atoms with Crippen LogP contribution in [0, 0.1) is 11.6 Å². The summed E-state index contributed by atoms with van der Waals surface area (Å²) >= 11 is 0. The number of amides is 1. The summed E-state index contributed by atoms with van der Waals surface area (Å²) in [7, 11) is 0. The van der Waals surface area contributed by atoms with Gasteiger partial charge in [0.25, 0.3) is 0 Å². The van der Waals surface area contributed by atoms with Crippen molar-refractivity contribution in [3.05, 3.63) is 59.4 Å². The number of halogens is 2. The SMILES string of the molecule is O=C(O)N[C@@H](Cc1cc(F)cc(F)c1)c1cc(O)n2nccc2n1. The molecule has 0 saturated carbocycles. The molecule has 7 nitrogen and oxygen atoms in total. The summed E-state index contributed by atoms with van der Waals surface area (Å²) in [4.78, 5) is 15.3. The normalized spacial score (nSPS) is 12.2. The maximum Gasteiger partial charge on any atom is 0.405 e. The molecule has 0 radical (unpaired) electrons. The quantitative estimate of drug-likeness (QED) is 0.680. The lowest BCUT2D eigenvalue weighted by molar-refractivity contribution is 0.189. The van der Waals surface area contributed by atoms with Crippen LogP contribution < -0.4 is 5.32 Å². The molecule has 124 valence electrons. The van der Waals surface area contributed by atoms with Crippen molar-refractivity contribution in [1.29, 1.82) is 0 Å². The first kappa shape index (κ1) is 15.7. The van der Waals surface area contributed by atoms with Crippen molar-refractivity contribution in [1.82, 2.24) is 19.9 Å². The lowest BCUT2D eigenvalue weighted by Gasteiger charge is -2.17. The number of rotatable bonds is 4. The van der Waals surface area contributed by atoms with E-state index >= 15 is 0 Å². The Balaban J connectivity index is 1.99. The first-order chi connectivity index (χ1) is 11.4. The van der Waals surface area contributed by atoms with Gasteiger partial charge in [-0.15, -0.1) is 0 Å². The topological polar surface area (TPSA) is 99.8 Å². The van der Waals surface area contributed by atoms with Crippen LogP contribution in [0.15, 0.2) is 36.5 Å². The van der Waals surface area contributed by atoms with Gasteiger partial charge in [0.2, 0.25) is 5.88 Å². The second-order valence-corrected chi connectivity index (χ2v) is 5.12. The number of carbonyl (C=O) groups is 1. The minimum atomic E-state index is -1.33. The van der Waals surface area contributed by atoms with Crippen LogP contribution in [0.5, 0.6) is 5.88 Å². The number of benzene rings is 1. The molecule has 3 N–H and O–H groups in total. The van der Waals surface area contributed by atoms with E-state index in [-0.39, 0.29) is 23.6 Å². The molecule has 1 atom stereocenters. The number of hydrogen-bond donors (Lipinski definition) is 3. The van der Waals surface area contributed by atoms with Crippen molar-refractivity contribution in [3.63, 3.8) is 0 Å². The molecule has 0 unspecified atom stereocenters.